The normalized spacial score (nSPS) is 13.6. The maximum Gasteiger partial charge on any atom is 0.414 e. The van der Waals surface area contributed by atoms with Crippen LogP contribution < -0.4 is 4.74 Å². The zero-order valence-corrected chi connectivity index (χ0v) is 18.4. The molecule has 0 saturated carbocycles. The summed E-state index contributed by atoms with van der Waals surface area (Å²) in [5.41, 5.74) is 0.958. The summed E-state index contributed by atoms with van der Waals surface area (Å²) in [6.45, 7) is 3.62. The number of aliphatic carboxylic acids is 2. The zero-order chi connectivity index (χ0) is 24.5. The molecule has 8 nitrogen and oxygen atoms in total. The van der Waals surface area contributed by atoms with Crippen molar-refractivity contribution in [2.24, 2.45) is 0 Å². The van der Waals surface area contributed by atoms with Crippen LogP contribution in [0.3, 0.4) is 0 Å². The Morgan fingerprint density at radius 1 is 0.824 bits per heavy atom. The third-order valence-electron chi connectivity index (χ3n) is 5.29. The van der Waals surface area contributed by atoms with E-state index in [2.05, 4.69) is 4.90 Å². The monoisotopic (exact) mass is 468 g/mol. The van der Waals surface area contributed by atoms with Gasteiger partial charge in [0.15, 0.2) is 6.61 Å². The first-order valence-electron chi connectivity index (χ1n) is 10.6. The molecular weight excluding hydrogens is 443 g/mol. The van der Waals surface area contributed by atoms with E-state index in [0.717, 1.165) is 29.4 Å². The maximum atomic E-state index is 13.3. The number of hydrogen-bond donors (Lipinski definition) is 2. The predicted octanol–water partition coefficient (Wildman–Crippen LogP) is 2.86. The Morgan fingerprint density at radius 3 is 2.15 bits per heavy atom. The van der Waals surface area contributed by atoms with Crippen molar-refractivity contribution in [1.29, 1.82) is 0 Å². The van der Waals surface area contributed by atoms with Gasteiger partial charge >= 0.3 is 11.9 Å². The molecule has 9 heteroatoms. The van der Waals surface area contributed by atoms with Gasteiger partial charge < -0.3 is 19.8 Å². The number of carboxylic acids is 2. The molecule has 4 rings (SSSR count). The third-order valence-corrected chi connectivity index (χ3v) is 5.29. The summed E-state index contributed by atoms with van der Waals surface area (Å²) in [5, 5.41) is 17.0. The zero-order valence-electron chi connectivity index (χ0n) is 18.4. The fourth-order valence-electron chi connectivity index (χ4n) is 3.54. The number of hydrogen-bond acceptors (Lipinski definition) is 5. The molecule has 1 aliphatic rings. The van der Waals surface area contributed by atoms with E-state index in [0.29, 0.717) is 25.4 Å². The summed E-state index contributed by atoms with van der Waals surface area (Å²) in [4.78, 5) is 34.8. The lowest BCUT2D eigenvalue weighted by Crippen LogP contribution is -2.49. The van der Waals surface area contributed by atoms with Crippen molar-refractivity contribution in [3.63, 3.8) is 0 Å². The summed E-state index contributed by atoms with van der Waals surface area (Å²) < 4.78 is 19.0. The van der Waals surface area contributed by atoms with Gasteiger partial charge in [0, 0.05) is 32.7 Å². The van der Waals surface area contributed by atoms with Crippen LogP contribution in [0.15, 0.2) is 66.7 Å². The van der Waals surface area contributed by atoms with Gasteiger partial charge in [-0.1, -0.05) is 42.5 Å². The average molecular weight is 468 g/mol. The molecule has 3 aromatic carbocycles. The van der Waals surface area contributed by atoms with Crippen LogP contribution in [0.2, 0.25) is 0 Å². The van der Waals surface area contributed by atoms with E-state index in [-0.39, 0.29) is 18.3 Å². The summed E-state index contributed by atoms with van der Waals surface area (Å²) >= 11 is 0. The summed E-state index contributed by atoms with van der Waals surface area (Å²) in [5.74, 6) is -3.16. The molecule has 3 aromatic rings. The number of piperazine rings is 1. The lowest BCUT2D eigenvalue weighted by atomic mass is 10.1. The van der Waals surface area contributed by atoms with Crippen molar-refractivity contribution in [2.45, 2.75) is 6.54 Å². The molecule has 0 radical (unpaired) electrons. The van der Waals surface area contributed by atoms with E-state index >= 15 is 0 Å². The topological polar surface area (TPSA) is 107 Å². The highest BCUT2D eigenvalue weighted by Crippen LogP contribution is 2.20. The van der Waals surface area contributed by atoms with E-state index in [9.17, 15) is 9.18 Å². The van der Waals surface area contributed by atoms with E-state index in [1.54, 1.807) is 12.1 Å². The van der Waals surface area contributed by atoms with Crippen LogP contribution in [0.25, 0.3) is 10.8 Å². The second-order valence-corrected chi connectivity index (χ2v) is 7.69. The number of amides is 1. The van der Waals surface area contributed by atoms with E-state index in [1.165, 1.54) is 6.07 Å². The van der Waals surface area contributed by atoms with Crippen LogP contribution in [0.1, 0.15) is 5.56 Å². The Balaban J connectivity index is 0.000000481. The molecule has 1 fully saturated rings. The van der Waals surface area contributed by atoms with E-state index in [1.807, 2.05) is 53.4 Å². The molecule has 1 amide bonds. The molecule has 1 saturated heterocycles. The quantitative estimate of drug-likeness (QED) is 0.555. The van der Waals surface area contributed by atoms with Crippen LogP contribution in [0.4, 0.5) is 4.39 Å². The molecule has 1 heterocycles. The molecule has 2 N–H and O–H groups in total. The SMILES string of the molecule is O=C(COc1ccc2ccccc2c1)N1CCN(Cc2cccc(F)c2)CC1.O=C(O)C(=O)O. The van der Waals surface area contributed by atoms with Gasteiger partial charge in [0.05, 0.1) is 0 Å². The summed E-state index contributed by atoms with van der Waals surface area (Å²) in [7, 11) is 0. The number of halogens is 1. The van der Waals surface area contributed by atoms with Crippen molar-refractivity contribution in [1.82, 2.24) is 9.80 Å². The molecule has 0 aliphatic carbocycles. The minimum absolute atomic E-state index is 0.00133. The number of ether oxygens (including phenoxy) is 1. The first-order valence-corrected chi connectivity index (χ1v) is 10.6. The van der Waals surface area contributed by atoms with Crippen LogP contribution in [-0.4, -0.2) is 70.6 Å². The highest BCUT2D eigenvalue weighted by Gasteiger charge is 2.21. The van der Waals surface area contributed by atoms with Crippen LogP contribution in [0, 0.1) is 5.82 Å². The molecule has 0 atom stereocenters. The van der Waals surface area contributed by atoms with E-state index < -0.39 is 11.9 Å². The Bertz CT molecular complexity index is 1150. The standard InChI is InChI=1S/C23H23FN2O2.C2H2O4/c24-21-7-3-4-18(14-21)16-25-10-12-26(13-11-25)23(27)17-28-22-9-8-19-5-1-2-6-20(19)15-22;3-1(4)2(5)6/h1-9,14-15H,10-13,16-17H2;(H,3,4)(H,5,6). The van der Waals surface area contributed by atoms with Gasteiger partial charge in [-0.15, -0.1) is 0 Å². The number of nitrogens with zero attached hydrogens (tertiary/aromatic N) is 2. The number of benzene rings is 3. The Hall–Kier alpha value is -3.98. The fraction of sp³-hybridized carbons (Fsp3) is 0.240. The van der Waals surface area contributed by atoms with Crippen molar-refractivity contribution in [3.8, 4) is 5.75 Å². The molecule has 34 heavy (non-hydrogen) atoms. The number of carboxylic acid groups (broad SMARTS) is 2. The molecule has 0 spiro atoms. The average Bonchev–Trinajstić information content (AvgIpc) is 2.83. The first-order chi connectivity index (χ1) is 16.3. The third kappa shape index (κ3) is 7.28. The largest absolute Gasteiger partial charge is 0.484 e. The highest BCUT2D eigenvalue weighted by atomic mass is 19.1. The predicted molar refractivity (Wildman–Crippen MR) is 123 cm³/mol. The second-order valence-electron chi connectivity index (χ2n) is 7.69. The number of fused-ring (bicyclic) bond motifs is 1. The highest BCUT2D eigenvalue weighted by molar-refractivity contribution is 6.27. The van der Waals surface area contributed by atoms with Gasteiger partial charge in [0.25, 0.3) is 5.91 Å². The number of carbonyl (C=O) groups excluding carboxylic acids is 1. The number of rotatable bonds is 5. The Morgan fingerprint density at radius 2 is 1.50 bits per heavy atom. The summed E-state index contributed by atoms with van der Waals surface area (Å²) in [6, 6.07) is 20.6. The minimum atomic E-state index is -1.82. The Labute approximate surface area is 195 Å². The maximum absolute atomic E-state index is 13.3. The van der Waals surface area contributed by atoms with Crippen LogP contribution >= 0.6 is 0 Å². The van der Waals surface area contributed by atoms with Gasteiger partial charge in [-0.2, -0.15) is 0 Å². The van der Waals surface area contributed by atoms with Crippen LogP contribution in [0.5, 0.6) is 5.75 Å². The lowest BCUT2D eigenvalue weighted by molar-refractivity contribution is -0.159. The molecule has 1 aliphatic heterocycles. The van der Waals surface area contributed by atoms with Gasteiger partial charge in [0.2, 0.25) is 0 Å². The van der Waals surface area contributed by atoms with Gasteiger partial charge in [-0.3, -0.25) is 9.69 Å². The first kappa shape index (κ1) is 24.7. The van der Waals surface area contributed by atoms with Gasteiger partial charge in [0.1, 0.15) is 11.6 Å². The van der Waals surface area contributed by atoms with Crippen LogP contribution in [-0.2, 0) is 20.9 Å². The number of carbonyl (C=O) groups is 3. The van der Waals surface area contributed by atoms with Gasteiger partial charge in [-0.25, -0.2) is 14.0 Å². The lowest BCUT2D eigenvalue weighted by Gasteiger charge is -2.34. The molecule has 0 bridgehead atoms. The Kier molecular flexibility index (Phi) is 8.53. The molecular formula is C25H25FN2O6. The van der Waals surface area contributed by atoms with Gasteiger partial charge in [-0.05, 0) is 40.6 Å². The molecule has 0 unspecified atom stereocenters. The smallest absolute Gasteiger partial charge is 0.414 e. The molecule has 0 aromatic heterocycles. The fourth-order valence-corrected chi connectivity index (χ4v) is 3.54. The summed E-state index contributed by atoms with van der Waals surface area (Å²) in [6.07, 6.45) is 0. The second kappa shape index (κ2) is 11.8. The minimum Gasteiger partial charge on any atom is -0.484 e. The van der Waals surface area contributed by atoms with Crippen molar-refractivity contribution in [2.75, 3.05) is 32.8 Å². The van der Waals surface area contributed by atoms with E-state index in [4.69, 9.17) is 24.5 Å². The van der Waals surface area contributed by atoms with Crippen molar-refractivity contribution >= 4 is 28.6 Å². The van der Waals surface area contributed by atoms with Crippen molar-refractivity contribution in [3.05, 3.63) is 78.1 Å². The van der Waals surface area contributed by atoms with Crippen molar-refractivity contribution < 1.29 is 33.7 Å². The molecule has 178 valence electrons.